The largest absolute Gasteiger partial charge is 0.379 e. The number of hydrogen-bond donors (Lipinski definition) is 1. The second kappa shape index (κ2) is 7.41. The van der Waals surface area contributed by atoms with E-state index in [9.17, 15) is 0 Å². The van der Waals surface area contributed by atoms with Crippen molar-refractivity contribution in [1.29, 1.82) is 0 Å². The van der Waals surface area contributed by atoms with Crippen LogP contribution >= 0.6 is 12.4 Å². The minimum atomic E-state index is 0. The molecule has 1 atom stereocenters. The zero-order chi connectivity index (χ0) is 9.64. The van der Waals surface area contributed by atoms with Gasteiger partial charge in [0.05, 0.1) is 13.2 Å². The molecule has 2 saturated heterocycles. The van der Waals surface area contributed by atoms with E-state index in [0.717, 1.165) is 58.8 Å². The normalized spacial score (nSPS) is 28.4. The van der Waals surface area contributed by atoms with Crippen LogP contribution in [0.1, 0.15) is 12.8 Å². The molecule has 0 amide bonds. The highest BCUT2D eigenvalue weighted by atomic mass is 35.5. The zero-order valence-electron chi connectivity index (χ0n) is 9.11. The number of morpholine rings is 1. The Kier molecular flexibility index (Phi) is 6.52. The molecule has 2 aliphatic heterocycles. The van der Waals surface area contributed by atoms with Crippen LogP contribution < -0.4 is 5.32 Å². The van der Waals surface area contributed by atoms with Crippen LogP contribution in [0.4, 0.5) is 0 Å². The summed E-state index contributed by atoms with van der Waals surface area (Å²) in [6, 6.07) is 0. The van der Waals surface area contributed by atoms with Crippen molar-refractivity contribution in [3.63, 3.8) is 0 Å². The third-order valence-electron chi connectivity index (χ3n) is 2.82. The Labute approximate surface area is 97.7 Å². The number of hydrogen-bond acceptors (Lipinski definition) is 4. The zero-order valence-corrected chi connectivity index (χ0v) is 9.93. The molecule has 1 N–H and O–H groups in total. The summed E-state index contributed by atoms with van der Waals surface area (Å²) in [7, 11) is 0. The van der Waals surface area contributed by atoms with Crippen LogP contribution in [0.2, 0.25) is 0 Å². The molecule has 0 saturated carbocycles. The van der Waals surface area contributed by atoms with Crippen molar-refractivity contribution >= 4 is 12.4 Å². The Morgan fingerprint density at radius 2 is 2.00 bits per heavy atom. The summed E-state index contributed by atoms with van der Waals surface area (Å²) in [6.45, 7) is 7.08. The van der Waals surface area contributed by atoms with Crippen LogP contribution in [0.5, 0.6) is 0 Å². The number of rotatable bonds is 3. The van der Waals surface area contributed by atoms with Gasteiger partial charge in [-0.3, -0.25) is 10.2 Å². The molecule has 4 nitrogen and oxygen atoms in total. The third-order valence-corrected chi connectivity index (χ3v) is 2.82. The number of nitrogens with zero attached hydrogens (tertiary/aromatic N) is 1. The highest BCUT2D eigenvalue weighted by Gasteiger charge is 2.15. The van der Waals surface area contributed by atoms with Gasteiger partial charge in [-0.1, -0.05) is 0 Å². The van der Waals surface area contributed by atoms with Gasteiger partial charge in [-0.2, -0.15) is 0 Å². The maximum absolute atomic E-state index is 5.60. The molecule has 0 aliphatic carbocycles. The molecule has 1 unspecified atom stereocenters. The van der Waals surface area contributed by atoms with Crippen molar-refractivity contribution in [3.8, 4) is 0 Å². The summed E-state index contributed by atoms with van der Waals surface area (Å²) < 4.78 is 10.9. The maximum Gasteiger partial charge on any atom is 0.109 e. The quantitative estimate of drug-likeness (QED) is 0.773. The average Bonchev–Trinajstić information content (AvgIpc) is 2.29. The van der Waals surface area contributed by atoms with Crippen molar-refractivity contribution in [3.05, 3.63) is 0 Å². The molecule has 2 aliphatic rings. The van der Waals surface area contributed by atoms with Gasteiger partial charge in [-0.05, 0) is 19.4 Å². The van der Waals surface area contributed by atoms with Gasteiger partial charge in [0.25, 0.3) is 0 Å². The lowest BCUT2D eigenvalue weighted by molar-refractivity contribution is -0.0184. The van der Waals surface area contributed by atoms with Gasteiger partial charge in [0, 0.05) is 26.2 Å². The number of halogens is 1. The molecule has 2 heterocycles. The Morgan fingerprint density at radius 1 is 1.20 bits per heavy atom. The summed E-state index contributed by atoms with van der Waals surface area (Å²) in [5.41, 5.74) is 0. The van der Waals surface area contributed by atoms with Gasteiger partial charge in [-0.15, -0.1) is 12.4 Å². The first-order chi connectivity index (χ1) is 6.95. The standard InChI is InChI=1S/C10H20N2O2.ClH/c1-3-11-10(14-7-1)2-4-12-5-8-13-9-6-12;/h10-11H,1-9H2;1H. The molecular formula is C10H21ClN2O2. The first kappa shape index (κ1) is 13.2. The van der Waals surface area contributed by atoms with Gasteiger partial charge in [0.2, 0.25) is 0 Å². The summed E-state index contributed by atoms with van der Waals surface area (Å²) in [5, 5.41) is 3.38. The predicted octanol–water partition coefficient (Wildman–Crippen LogP) is 0.466. The van der Waals surface area contributed by atoms with Crippen LogP contribution in [0.25, 0.3) is 0 Å². The monoisotopic (exact) mass is 236 g/mol. The van der Waals surface area contributed by atoms with E-state index in [1.54, 1.807) is 0 Å². The van der Waals surface area contributed by atoms with Gasteiger partial charge in [0.1, 0.15) is 6.23 Å². The van der Waals surface area contributed by atoms with Crippen molar-refractivity contribution in [2.24, 2.45) is 0 Å². The van der Waals surface area contributed by atoms with Gasteiger partial charge < -0.3 is 9.47 Å². The van der Waals surface area contributed by atoms with E-state index in [0.29, 0.717) is 0 Å². The first-order valence-electron chi connectivity index (χ1n) is 5.60. The van der Waals surface area contributed by atoms with Crippen LogP contribution in [0, 0.1) is 0 Å². The minimum absolute atomic E-state index is 0. The molecule has 2 fully saturated rings. The Balaban J connectivity index is 0.00000112. The SMILES string of the molecule is C1CNC(CCN2CCOCC2)OC1.Cl. The van der Waals surface area contributed by atoms with E-state index in [1.807, 2.05) is 0 Å². The summed E-state index contributed by atoms with van der Waals surface area (Å²) in [6.07, 6.45) is 2.53. The second-order valence-electron chi connectivity index (χ2n) is 3.91. The lowest BCUT2D eigenvalue weighted by Gasteiger charge is -2.30. The van der Waals surface area contributed by atoms with E-state index < -0.39 is 0 Å². The molecule has 0 aromatic carbocycles. The minimum Gasteiger partial charge on any atom is -0.379 e. The van der Waals surface area contributed by atoms with Crippen LogP contribution in [0.15, 0.2) is 0 Å². The lowest BCUT2D eigenvalue weighted by Crippen LogP contribution is -2.43. The van der Waals surface area contributed by atoms with Gasteiger partial charge in [-0.25, -0.2) is 0 Å². The van der Waals surface area contributed by atoms with Crippen molar-refractivity contribution in [1.82, 2.24) is 10.2 Å². The third kappa shape index (κ3) is 4.66. The van der Waals surface area contributed by atoms with Gasteiger partial charge in [0.15, 0.2) is 0 Å². The maximum atomic E-state index is 5.60. The van der Waals surface area contributed by atoms with Crippen molar-refractivity contribution in [2.75, 3.05) is 46.0 Å². The van der Waals surface area contributed by atoms with E-state index in [4.69, 9.17) is 9.47 Å². The molecule has 15 heavy (non-hydrogen) atoms. The lowest BCUT2D eigenvalue weighted by atomic mass is 10.3. The van der Waals surface area contributed by atoms with E-state index in [-0.39, 0.29) is 18.6 Å². The summed E-state index contributed by atoms with van der Waals surface area (Å²) >= 11 is 0. The molecule has 2 rings (SSSR count). The van der Waals surface area contributed by atoms with E-state index >= 15 is 0 Å². The van der Waals surface area contributed by atoms with Crippen molar-refractivity contribution < 1.29 is 9.47 Å². The number of ether oxygens (including phenoxy) is 2. The molecule has 0 spiro atoms. The molecule has 5 heteroatoms. The molecule has 0 aromatic heterocycles. The Bertz CT molecular complexity index is 142. The second-order valence-corrected chi connectivity index (χ2v) is 3.91. The topological polar surface area (TPSA) is 33.7 Å². The fourth-order valence-corrected chi connectivity index (χ4v) is 1.93. The van der Waals surface area contributed by atoms with Crippen molar-refractivity contribution in [2.45, 2.75) is 19.1 Å². The fourth-order valence-electron chi connectivity index (χ4n) is 1.93. The molecule has 0 radical (unpaired) electrons. The first-order valence-corrected chi connectivity index (χ1v) is 5.60. The molecular weight excluding hydrogens is 216 g/mol. The number of nitrogens with one attached hydrogen (secondary N) is 1. The van der Waals surface area contributed by atoms with Gasteiger partial charge >= 0.3 is 0 Å². The fraction of sp³-hybridized carbons (Fsp3) is 1.00. The van der Waals surface area contributed by atoms with Crippen LogP contribution in [-0.4, -0.2) is 57.1 Å². The van der Waals surface area contributed by atoms with E-state index in [2.05, 4.69) is 10.2 Å². The van der Waals surface area contributed by atoms with Crippen LogP contribution in [-0.2, 0) is 9.47 Å². The Hall–Kier alpha value is 0.130. The summed E-state index contributed by atoms with van der Waals surface area (Å²) in [4.78, 5) is 2.45. The average molecular weight is 237 g/mol. The Morgan fingerprint density at radius 3 is 2.67 bits per heavy atom. The molecule has 90 valence electrons. The van der Waals surface area contributed by atoms with Crippen LogP contribution in [0.3, 0.4) is 0 Å². The molecule has 0 aromatic rings. The highest BCUT2D eigenvalue weighted by Crippen LogP contribution is 2.05. The summed E-state index contributed by atoms with van der Waals surface area (Å²) in [5.74, 6) is 0. The predicted molar refractivity (Wildman–Crippen MR) is 61.5 cm³/mol. The molecule has 0 bridgehead atoms. The highest BCUT2D eigenvalue weighted by molar-refractivity contribution is 5.85. The van der Waals surface area contributed by atoms with E-state index in [1.165, 1.54) is 0 Å². The smallest absolute Gasteiger partial charge is 0.109 e.